The average molecular weight is 407 g/mol. The summed E-state index contributed by atoms with van der Waals surface area (Å²) in [6.45, 7) is 3.25. The molecule has 0 aliphatic heterocycles. The first kappa shape index (κ1) is 21.2. The van der Waals surface area contributed by atoms with Gasteiger partial charge in [0.15, 0.2) is 18.1 Å². The van der Waals surface area contributed by atoms with Gasteiger partial charge in [-0.15, -0.1) is 0 Å². The Labute approximate surface area is 163 Å². The number of methoxy groups -OCH3 is 2. The van der Waals surface area contributed by atoms with Crippen LogP contribution in [0.2, 0.25) is 0 Å². The van der Waals surface area contributed by atoms with Crippen molar-refractivity contribution in [1.29, 1.82) is 0 Å². The molecule has 0 saturated carbocycles. The minimum absolute atomic E-state index is 0.0142. The highest BCUT2D eigenvalue weighted by Crippen LogP contribution is 2.28. The number of aryl methyl sites for hydroxylation is 2. The molecule has 0 unspecified atom stereocenters. The number of esters is 1. The van der Waals surface area contributed by atoms with Gasteiger partial charge in [-0.25, -0.2) is 17.9 Å². The number of rotatable bonds is 7. The van der Waals surface area contributed by atoms with Gasteiger partial charge in [0.05, 0.1) is 19.1 Å². The van der Waals surface area contributed by atoms with E-state index >= 15 is 0 Å². The topological polar surface area (TPSA) is 108 Å². The van der Waals surface area contributed by atoms with Gasteiger partial charge >= 0.3 is 5.97 Å². The zero-order valence-corrected chi connectivity index (χ0v) is 16.8. The van der Waals surface area contributed by atoms with Gasteiger partial charge in [0.25, 0.3) is 15.9 Å². The molecule has 2 aromatic rings. The molecule has 0 bridgehead atoms. The molecule has 0 saturated heterocycles. The van der Waals surface area contributed by atoms with Crippen LogP contribution in [0.25, 0.3) is 0 Å². The molecule has 0 aromatic heterocycles. The standard InChI is InChI=1S/C19H21NO7S/c1-12-5-7-15(9-13(12)2)28(23,24)20-19(22)14-6-8-16(25-3)17(10-14)27-11-18(21)26-4/h5-10H,11H2,1-4H3,(H,20,22). The highest BCUT2D eigenvalue weighted by molar-refractivity contribution is 7.90. The number of hydrogen-bond donors (Lipinski definition) is 1. The fraction of sp³-hybridized carbons (Fsp3) is 0.263. The number of amides is 1. The maximum atomic E-state index is 12.5. The molecule has 150 valence electrons. The Balaban J connectivity index is 2.25. The Morgan fingerprint density at radius 1 is 0.964 bits per heavy atom. The molecule has 28 heavy (non-hydrogen) atoms. The molecule has 1 N–H and O–H groups in total. The molecular formula is C19H21NO7S. The Morgan fingerprint density at radius 3 is 2.29 bits per heavy atom. The van der Waals surface area contributed by atoms with E-state index in [9.17, 15) is 18.0 Å². The van der Waals surface area contributed by atoms with Crippen LogP contribution in [0.1, 0.15) is 21.5 Å². The zero-order valence-electron chi connectivity index (χ0n) is 15.9. The molecule has 0 fully saturated rings. The maximum absolute atomic E-state index is 12.5. The van der Waals surface area contributed by atoms with Gasteiger partial charge in [0.2, 0.25) is 0 Å². The Hall–Kier alpha value is -3.07. The summed E-state index contributed by atoms with van der Waals surface area (Å²) >= 11 is 0. The van der Waals surface area contributed by atoms with Crippen LogP contribution in [-0.2, 0) is 19.6 Å². The van der Waals surface area contributed by atoms with Gasteiger partial charge in [0, 0.05) is 5.56 Å². The van der Waals surface area contributed by atoms with Crippen molar-refractivity contribution in [1.82, 2.24) is 4.72 Å². The monoisotopic (exact) mass is 407 g/mol. The molecule has 0 aliphatic rings. The van der Waals surface area contributed by atoms with Crippen LogP contribution in [0.5, 0.6) is 11.5 Å². The zero-order chi connectivity index (χ0) is 20.9. The molecule has 0 atom stereocenters. The molecule has 1 amide bonds. The van der Waals surface area contributed by atoms with E-state index in [4.69, 9.17) is 9.47 Å². The third kappa shape index (κ3) is 5.01. The minimum Gasteiger partial charge on any atom is -0.493 e. The van der Waals surface area contributed by atoms with Crippen LogP contribution >= 0.6 is 0 Å². The number of carbonyl (C=O) groups is 2. The number of carbonyl (C=O) groups excluding carboxylic acids is 2. The predicted octanol–water partition coefficient (Wildman–Crippen LogP) is 1.98. The van der Waals surface area contributed by atoms with E-state index in [0.717, 1.165) is 11.1 Å². The summed E-state index contributed by atoms with van der Waals surface area (Å²) in [6.07, 6.45) is 0. The van der Waals surface area contributed by atoms with E-state index in [0.29, 0.717) is 0 Å². The third-order valence-electron chi connectivity index (χ3n) is 4.01. The van der Waals surface area contributed by atoms with Crippen molar-refractivity contribution in [2.75, 3.05) is 20.8 Å². The normalized spacial score (nSPS) is 10.9. The molecule has 9 heteroatoms. The lowest BCUT2D eigenvalue weighted by molar-refractivity contribution is -0.142. The van der Waals surface area contributed by atoms with E-state index in [-0.39, 0.29) is 22.0 Å². The van der Waals surface area contributed by atoms with E-state index in [1.54, 1.807) is 13.0 Å². The fourth-order valence-electron chi connectivity index (χ4n) is 2.25. The van der Waals surface area contributed by atoms with E-state index in [1.165, 1.54) is 44.6 Å². The average Bonchev–Trinajstić information content (AvgIpc) is 2.67. The summed E-state index contributed by atoms with van der Waals surface area (Å²) in [4.78, 5) is 23.7. The lowest BCUT2D eigenvalue weighted by atomic mass is 10.1. The second-order valence-electron chi connectivity index (χ2n) is 5.91. The number of sulfonamides is 1. The van der Waals surface area contributed by atoms with E-state index in [1.807, 2.05) is 11.6 Å². The number of nitrogens with one attached hydrogen (secondary N) is 1. The van der Waals surface area contributed by atoms with Gasteiger partial charge in [-0.1, -0.05) is 6.07 Å². The molecule has 0 aliphatic carbocycles. The van der Waals surface area contributed by atoms with Crippen molar-refractivity contribution < 1.29 is 32.2 Å². The molecule has 0 radical (unpaired) electrons. The molecule has 0 spiro atoms. The van der Waals surface area contributed by atoms with Gasteiger partial charge in [0.1, 0.15) is 0 Å². The summed E-state index contributed by atoms with van der Waals surface area (Å²) in [6, 6.07) is 8.69. The Morgan fingerprint density at radius 2 is 1.68 bits per heavy atom. The maximum Gasteiger partial charge on any atom is 0.343 e. The number of benzene rings is 2. The Bertz CT molecular complexity index is 999. The lowest BCUT2D eigenvalue weighted by Crippen LogP contribution is -2.30. The highest BCUT2D eigenvalue weighted by atomic mass is 32.2. The minimum atomic E-state index is -4.05. The first-order valence-electron chi connectivity index (χ1n) is 8.20. The second-order valence-corrected chi connectivity index (χ2v) is 7.59. The van der Waals surface area contributed by atoms with Gasteiger partial charge < -0.3 is 14.2 Å². The SMILES string of the molecule is COC(=O)COc1cc(C(=O)NS(=O)(=O)c2ccc(C)c(C)c2)ccc1OC. The van der Waals surface area contributed by atoms with Crippen molar-refractivity contribution in [3.63, 3.8) is 0 Å². The van der Waals surface area contributed by atoms with Crippen LogP contribution in [0.15, 0.2) is 41.3 Å². The molecule has 2 rings (SSSR count). The molecule has 2 aromatic carbocycles. The quantitative estimate of drug-likeness (QED) is 0.699. The van der Waals surface area contributed by atoms with Crippen LogP contribution in [-0.4, -0.2) is 41.1 Å². The van der Waals surface area contributed by atoms with Crippen LogP contribution in [0.3, 0.4) is 0 Å². The van der Waals surface area contributed by atoms with Crippen LogP contribution in [0, 0.1) is 13.8 Å². The van der Waals surface area contributed by atoms with Crippen LogP contribution < -0.4 is 14.2 Å². The first-order chi connectivity index (χ1) is 13.2. The van der Waals surface area contributed by atoms with Gasteiger partial charge in [-0.05, 0) is 55.3 Å². The Kier molecular flexibility index (Phi) is 6.63. The number of ether oxygens (including phenoxy) is 3. The number of hydrogen-bond acceptors (Lipinski definition) is 7. The van der Waals surface area contributed by atoms with Gasteiger partial charge in [-0.3, -0.25) is 4.79 Å². The third-order valence-corrected chi connectivity index (χ3v) is 5.34. The molecule has 8 nitrogen and oxygen atoms in total. The summed E-state index contributed by atoms with van der Waals surface area (Å²) in [5.41, 5.74) is 1.75. The molecular weight excluding hydrogens is 386 g/mol. The van der Waals surface area contributed by atoms with Crippen LogP contribution in [0.4, 0.5) is 0 Å². The second kappa shape index (κ2) is 8.75. The van der Waals surface area contributed by atoms with Crippen molar-refractivity contribution in [3.8, 4) is 11.5 Å². The van der Waals surface area contributed by atoms with Crippen molar-refractivity contribution in [2.24, 2.45) is 0 Å². The highest BCUT2D eigenvalue weighted by Gasteiger charge is 2.20. The summed E-state index contributed by atoms with van der Waals surface area (Å²) in [5, 5.41) is 0. The predicted molar refractivity (Wildman–Crippen MR) is 101 cm³/mol. The smallest absolute Gasteiger partial charge is 0.343 e. The fourth-order valence-corrected chi connectivity index (χ4v) is 3.31. The van der Waals surface area contributed by atoms with Crippen molar-refractivity contribution >= 4 is 21.9 Å². The van der Waals surface area contributed by atoms with Crippen molar-refractivity contribution in [2.45, 2.75) is 18.7 Å². The first-order valence-corrected chi connectivity index (χ1v) is 9.68. The summed E-state index contributed by atoms with van der Waals surface area (Å²) in [5.74, 6) is -1.08. The van der Waals surface area contributed by atoms with E-state index < -0.39 is 28.5 Å². The molecule has 0 heterocycles. The van der Waals surface area contributed by atoms with E-state index in [2.05, 4.69) is 4.74 Å². The lowest BCUT2D eigenvalue weighted by Gasteiger charge is -2.12. The van der Waals surface area contributed by atoms with Crippen molar-refractivity contribution in [3.05, 3.63) is 53.1 Å². The summed E-state index contributed by atoms with van der Waals surface area (Å²) < 4.78 is 41.9. The summed E-state index contributed by atoms with van der Waals surface area (Å²) in [7, 11) is -1.44. The van der Waals surface area contributed by atoms with Gasteiger partial charge in [-0.2, -0.15) is 0 Å². The largest absolute Gasteiger partial charge is 0.493 e.